The van der Waals surface area contributed by atoms with E-state index in [2.05, 4.69) is 6.58 Å². The summed E-state index contributed by atoms with van der Waals surface area (Å²) in [6, 6.07) is 5.18. The number of hydrogen-bond donors (Lipinski definition) is 0. The van der Waals surface area contributed by atoms with Crippen molar-refractivity contribution in [1.29, 1.82) is 0 Å². The van der Waals surface area contributed by atoms with Crippen molar-refractivity contribution in [3.8, 4) is 0 Å². The average molecular weight is 273 g/mol. The summed E-state index contributed by atoms with van der Waals surface area (Å²) in [5.74, 6) is -1.76. The number of anilines is 1. The van der Waals surface area contributed by atoms with Gasteiger partial charge in [0.05, 0.1) is 24.4 Å². The minimum Gasteiger partial charge on any atom is -0.463 e. The average Bonchev–Trinajstić information content (AvgIpc) is 2.64. The largest absolute Gasteiger partial charge is 0.463 e. The third-order valence-corrected chi connectivity index (χ3v) is 3.04. The maximum atomic E-state index is 12.0. The summed E-state index contributed by atoms with van der Waals surface area (Å²) in [6.45, 7) is 7.34. The number of hydrogen-bond acceptors (Lipinski definition) is 4. The molecular formula is C15H15NO4. The Bertz CT molecular complexity index is 618. The van der Waals surface area contributed by atoms with Gasteiger partial charge in [-0.25, -0.2) is 4.79 Å². The fourth-order valence-corrected chi connectivity index (χ4v) is 2.06. The number of amides is 1. The van der Waals surface area contributed by atoms with Crippen molar-refractivity contribution in [2.45, 2.75) is 13.8 Å². The van der Waals surface area contributed by atoms with Crippen molar-refractivity contribution in [2.24, 2.45) is 0 Å². The van der Waals surface area contributed by atoms with Crippen LogP contribution in [-0.2, 0) is 14.3 Å². The van der Waals surface area contributed by atoms with Gasteiger partial charge >= 0.3 is 5.97 Å². The molecule has 0 N–H and O–H groups in total. The highest BCUT2D eigenvalue weighted by atomic mass is 16.5. The molecular weight excluding hydrogens is 258 g/mol. The van der Waals surface area contributed by atoms with Crippen LogP contribution in [0.1, 0.15) is 22.8 Å². The summed E-state index contributed by atoms with van der Waals surface area (Å²) in [4.78, 5) is 36.7. The third-order valence-electron chi connectivity index (χ3n) is 3.04. The standard InChI is InChI=1S/C15H15NO4/c1-4-20-15(19)10(3)8-16-12-6-5-9(2)7-11(12)13(17)14(16)18/h5-7H,3-4,8H2,1-2H3. The zero-order chi connectivity index (χ0) is 14.9. The van der Waals surface area contributed by atoms with Crippen LogP contribution in [0.2, 0.25) is 0 Å². The molecule has 20 heavy (non-hydrogen) atoms. The van der Waals surface area contributed by atoms with E-state index in [-0.39, 0.29) is 18.7 Å². The van der Waals surface area contributed by atoms with Gasteiger partial charge in [-0.15, -0.1) is 0 Å². The number of rotatable bonds is 4. The second-order valence-electron chi connectivity index (χ2n) is 4.57. The number of esters is 1. The van der Waals surface area contributed by atoms with Gasteiger partial charge < -0.3 is 9.64 Å². The third kappa shape index (κ3) is 2.34. The minimum atomic E-state index is -0.643. The zero-order valence-electron chi connectivity index (χ0n) is 11.4. The maximum absolute atomic E-state index is 12.0. The van der Waals surface area contributed by atoms with Crippen LogP contribution < -0.4 is 4.90 Å². The van der Waals surface area contributed by atoms with Gasteiger partial charge in [-0.2, -0.15) is 0 Å². The lowest BCUT2D eigenvalue weighted by molar-refractivity contribution is -0.138. The molecule has 1 aliphatic heterocycles. The molecule has 1 aromatic carbocycles. The zero-order valence-corrected chi connectivity index (χ0v) is 11.4. The number of ketones is 1. The molecule has 0 radical (unpaired) electrons. The molecule has 1 aliphatic rings. The number of ether oxygens (including phenoxy) is 1. The van der Waals surface area contributed by atoms with Gasteiger partial charge in [0.25, 0.3) is 11.7 Å². The topological polar surface area (TPSA) is 63.7 Å². The number of carbonyl (C=O) groups is 3. The lowest BCUT2D eigenvalue weighted by atomic mass is 10.1. The molecule has 5 heteroatoms. The van der Waals surface area contributed by atoms with E-state index < -0.39 is 17.7 Å². The Morgan fingerprint density at radius 3 is 2.70 bits per heavy atom. The molecule has 0 aliphatic carbocycles. The smallest absolute Gasteiger partial charge is 0.335 e. The SMILES string of the molecule is C=C(CN1C(=O)C(=O)c2cc(C)ccc21)C(=O)OCC. The van der Waals surface area contributed by atoms with Crippen LogP contribution in [0.3, 0.4) is 0 Å². The quantitative estimate of drug-likeness (QED) is 0.475. The molecule has 1 aromatic rings. The molecule has 1 amide bonds. The van der Waals surface area contributed by atoms with Crippen molar-refractivity contribution in [3.63, 3.8) is 0 Å². The molecule has 0 aromatic heterocycles. The van der Waals surface area contributed by atoms with Crippen molar-refractivity contribution in [3.05, 3.63) is 41.5 Å². The predicted molar refractivity (Wildman–Crippen MR) is 73.6 cm³/mol. The van der Waals surface area contributed by atoms with Crippen molar-refractivity contribution < 1.29 is 19.1 Å². The van der Waals surface area contributed by atoms with Crippen molar-refractivity contribution in [1.82, 2.24) is 0 Å². The Balaban J connectivity index is 2.26. The highest BCUT2D eigenvalue weighted by Gasteiger charge is 2.36. The Labute approximate surface area is 116 Å². The number of benzene rings is 1. The Kier molecular flexibility index (Phi) is 3.70. The van der Waals surface area contributed by atoms with Gasteiger partial charge in [0.2, 0.25) is 0 Å². The number of Topliss-reactive ketones (excluding diaryl/α,β-unsaturated/α-hetero) is 1. The van der Waals surface area contributed by atoms with Crippen molar-refractivity contribution >= 4 is 23.3 Å². The lowest BCUT2D eigenvalue weighted by Gasteiger charge is -2.17. The van der Waals surface area contributed by atoms with E-state index in [1.54, 1.807) is 19.1 Å². The first kappa shape index (κ1) is 14.0. The summed E-state index contributed by atoms with van der Waals surface area (Å²) in [5.41, 5.74) is 1.92. The molecule has 0 bridgehead atoms. The maximum Gasteiger partial charge on any atom is 0.335 e. The normalized spacial score (nSPS) is 13.4. The highest BCUT2D eigenvalue weighted by molar-refractivity contribution is 6.52. The van der Waals surface area contributed by atoms with E-state index in [0.29, 0.717) is 11.3 Å². The number of aryl methyl sites for hydroxylation is 1. The minimum absolute atomic E-state index is 0.0422. The van der Waals surface area contributed by atoms with Gasteiger partial charge in [0.1, 0.15) is 0 Å². The predicted octanol–water partition coefficient (Wildman–Crippen LogP) is 1.64. The fraction of sp³-hybridized carbons (Fsp3) is 0.267. The van der Waals surface area contributed by atoms with Crippen LogP contribution in [0, 0.1) is 6.92 Å². The second kappa shape index (κ2) is 5.28. The monoisotopic (exact) mass is 273 g/mol. The molecule has 0 spiro atoms. The summed E-state index contributed by atoms with van der Waals surface area (Å²) in [6.07, 6.45) is 0. The summed E-state index contributed by atoms with van der Waals surface area (Å²) >= 11 is 0. The summed E-state index contributed by atoms with van der Waals surface area (Å²) in [7, 11) is 0. The van der Waals surface area contributed by atoms with Gasteiger partial charge in [0, 0.05) is 5.57 Å². The summed E-state index contributed by atoms with van der Waals surface area (Å²) < 4.78 is 4.82. The molecule has 0 saturated carbocycles. The van der Waals surface area contributed by atoms with E-state index in [4.69, 9.17) is 4.74 Å². The van der Waals surface area contributed by atoms with Gasteiger partial charge in [0.15, 0.2) is 0 Å². The molecule has 2 rings (SSSR count). The van der Waals surface area contributed by atoms with Crippen LogP contribution >= 0.6 is 0 Å². The highest BCUT2D eigenvalue weighted by Crippen LogP contribution is 2.30. The Morgan fingerprint density at radius 1 is 1.35 bits per heavy atom. The van der Waals surface area contributed by atoms with Crippen LogP contribution in [0.4, 0.5) is 5.69 Å². The number of nitrogens with zero attached hydrogens (tertiary/aromatic N) is 1. The lowest BCUT2D eigenvalue weighted by Crippen LogP contribution is -2.33. The van der Waals surface area contributed by atoms with Crippen LogP contribution in [0.15, 0.2) is 30.4 Å². The molecule has 1 heterocycles. The fourth-order valence-electron chi connectivity index (χ4n) is 2.06. The van der Waals surface area contributed by atoms with E-state index in [1.807, 2.05) is 13.0 Å². The Morgan fingerprint density at radius 2 is 2.05 bits per heavy atom. The number of fused-ring (bicyclic) bond motifs is 1. The van der Waals surface area contributed by atoms with Crippen molar-refractivity contribution in [2.75, 3.05) is 18.1 Å². The first-order valence-electron chi connectivity index (χ1n) is 6.27. The first-order chi connectivity index (χ1) is 9.45. The van der Waals surface area contributed by atoms with E-state index >= 15 is 0 Å². The van der Waals surface area contributed by atoms with E-state index in [0.717, 1.165) is 5.56 Å². The first-order valence-corrected chi connectivity index (χ1v) is 6.27. The van der Waals surface area contributed by atoms with Crippen LogP contribution in [0.5, 0.6) is 0 Å². The van der Waals surface area contributed by atoms with Crippen LogP contribution in [0.25, 0.3) is 0 Å². The molecule has 104 valence electrons. The molecule has 0 fully saturated rings. The Hall–Kier alpha value is -2.43. The van der Waals surface area contributed by atoms with E-state index in [1.165, 1.54) is 4.90 Å². The van der Waals surface area contributed by atoms with Gasteiger partial charge in [-0.05, 0) is 26.0 Å². The van der Waals surface area contributed by atoms with Crippen LogP contribution in [-0.4, -0.2) is 30.8 Å². The van der Waals surface area contributed by atoms with Gasteiger partial charge in [-0.1, -0.05) is 18.2 Å². The van der Waals surface area contributed by atoms with E-state index in [9.17, 15) is 14.4 Å². The second-order valence-corrected chi connectivity index (χ2v) is 4.57. The summed E-state index contributed by atoms with van der Waals surface area (Å²) in [5, 5.41) is 0. The molecule has 5 nitrogen and oxygen atoms in total. The molecule has 0 unspecified atom stereocenters. The number of carbonyl (C=O) groups excluding carboxylic acids is 3. The molecule has 0 atom stereocenters. The molecule has 0 saturated heterocycles. The van der Waals surface area contributed by atoms with Gasteiger partial charge in [-0.3, -0.25) is 9.59 Å².